The van der Waals surface area contributed by atoms with Crippen LogP contribution in [0.25, 0.3) is 0 Å². The molecule has 1 amide bonds. The number of nitrogen functional groups attached to an aromatic ring is 1. The molecular formula is C12H9BrClN3O2. The molecule has 0 atom stereocenters. The van der Waals surface area contributed by atoms with E-state index < -0.39 is 5.91 Å². The first-order valence-electron chi connectivity index (χ1n) is 5.18. The van der Waals surface area contributed by atoms with E-state index in [1.165, 1.54) is 24.4 Å². The highest BCUT2D eigenvalue weighted by Crippen LogP contribution is 2.25. The number of phenolic OH excluding ortho intramolecular Hbond substituents is 1. The van der Waals surface area contributed by atoms with Crippen molar-refractivity contribution in [3.8, 4) is 5.75 Å². The van der Waals surface area contributed by atoms with Gasteiger partial charge in [0.05, 0.1) is 21.9 Å². The van der Waals surface area contributed by atoms with Crippen molar-refractivity contribution >= 4 is 44.9 Å². The highest BCUT2D eigenvalue weighted by Gasteiger charge is 2.14. The summed E-state index contributed by atoms with van der Waals surface area (Å²) in [7, 11) is 0. The Morgan fingerprint density at radius 3 is 2.84 bits per heavy atom. The number of pyridine rings is 1. The summed E-state index contributed by atoms with van der Waals surface area (Å²) in [6, 6.07) is 5.83. The third kappa shape index (κ3) is 3.15. The van der Waals surface area contributed by atoms with E-state index in [1.807, 2.05) is 0 Å². The van der Waals surface area contributed by atoms with Crippen LogP contribution < -0.4 is 11.1 Å². The largest absolute Gasteiger partial charge is 0.507 e. The van der Waals surface area contributed by atoms with E-state index in [-0.39, 0.29) is 11.3 Å². The molecule has 0 aliphatic heterocycles. The highest BCUT2D eigenvalue weighted by atomic mass is 79.9. The fourth-order valence-electron chi connectivity index (χ4n) is 1.41. The van der Waals surface area contributed by atoms with Crippen molar-refractivity contribution in [2.24, 2.45) is 0 Å². The fraction of sp³-hybridized carbons (Fsp3) is 0. The molecule has 0 fully saturated rings. The molecule has 1 aromatic heterocycles. The van der Waals surface area contributed by atoms with E-state index in [2.05, 4.69) is 26.2 Å². The number of carbonyl (C=O) groups excluding carboxylic acids is 1. The molecule has 7 heteroatoms. The lowest BCUT2D eigenvalue weighted by molar-refractivity contribution is 0.102. The van der Waals surface area contributed by atoms with Gasteiger partial charge in [-0.2, -0.15) is 0 Å². The Morgan fingerprint density at radius 2 is 2.16 bits per heavy atom. The van der Waals surface area contributed by atoms with Crippen molar-refractivity contribution in [1.82, 2.24) is 4.98 Å². The van der Waals surface area contributed by atoms with Gasteiger partial charge < -0.3 is 16.2 Å². The summed E-state index contributed by atoms with van der Waals surface area (Å²) in [5.41, 5.74) is 6.09. The van der Waals surface area contributed by atoms with E-state index in [1.54, 1.807) is 6.07 Å². The van der Waals surface area contributed by atoms with Crippen LogP contribution in [0.1, 0.15) is 10.4 Å². The molecule has 98 valence electrons. The summed E-state index contributed by atoms with van der Waals surface area (Å²) in [5, 5.41) is 12.5. The quantitative estimate of drug-likeness (QED) is 0.782. The molecule has 1 heterocycles. The molecule has 0 spiro atoms. The Morgan fingerprint density at radius 1 is 1.42 bits per heavy atom. The second kappa shape index (κ2) is 5.46. The summed E-state index contributed by atoms with van der Waals surface area (Å²) in [6.45, 7) is 0. The molecule has 0 saturated carbocycles. The molecule has 19 heavy (non-hydrogen) atoms. The van der Waals surface area contributed by atoms with Gasteiger partial charge in [0, 0.05) is 5.02 Å². The highest BCUT2D eigenvalue weighted by molar-refractivity contribution is 9.10. The number of amides is 1. The summed E-state index contributed by atoms with van der Waals surface area (Å²) >= 11 is 9.02. The zero-order valence-electron chi connectivity index (χ0n) is 9.52. The maximum Gasteiger partial charge on any atom is 0.260 e. The lowest BCUT2D eigenvalue weighted by atomic mass is 10.2. The van der Waals surface area contributed by atoms with Gasteiger partial charge in [0.25, 0.3) is 5.91 Å². The molecule has 2 rings (SSSR count). The number of halogens is 2. The van der Waals surface area contributed by atoms with Gasteiger partial charge in [0.2, 0.25) is 0 Å². The van der Waals surface area contributed by atoms with E-state index in [0.717, 1.165) is 0 Å². The van der Waals surface area contributed by atoms with E-state index in [9.17, 15) is 9.90 Å². The Kier molecular flexibility index (Phi) is 3.92. The number of nitrogens with zero attached hydrogens (tertiary/aromatic N) is 1. The van der Waals surface area contributed by atoms with E-state index in [0.29, 0.717) is 21.0 Å². The number of rotatable bonds is 2. The molecule has 0 aliphatic rings. The van der Waals surface area contributed by atoms with Crippen molar-refractivity contribution in [1.29, 1.82) is 0 Å². The minimum absolute atomic E-state index is 0.0676. The summed E-state index contributed by atoms with van der Waals surface area (Å²) < 4.78 is 0.544. The molecule has 4 N–H and O–H groups in total. The van der Waals surface area contributed by atoms with Crippen molar-refractivity contribution in [2.75, 3.05) is 11.1 Å². The van der Waals surface area contributed by atoms with Crippen LogP contribution in [0.3, 0.4) is 0 Å². The molecule has 0 radical (unpaired) electrons. The Labute approximate surface area is 122 Å². The average molecular weight is 343 g/mol. The molecule has 5 nitrogen and oxygen atoms in total. The standard InChI is InChI=1S/C12H9BrClN3O2/c13-9-4-7(15)5-16-11(9)17-12(19)8-3-6(14)1-2-10(8)18/h1-5,18H,15H2,(H,16,17,19). The van der Waals surface area contributed by atoms with Crippen LogP contribution in [-0.2, 0) is 0 Å². The van der Waals surface area contributed by atoms with Gasteiger partial charge in [-0.25, -0.2) is 4.98 Å². The minimum Gasteiger partial charge on any atom is -0.507 e. The van der Waals surface area contributed by atoms with Crippen molar-refractivity contribution < 1.29 is 9.90 Å². The Bertz CT molecular complexity index is 649. The van der Waals surface area contributed by atoms with Crippen LogP contribution in [0.4, 0.5) is 11.5 Å². The Hall–Kier alpha value is -1.79. The van der Waals surface area contributed by atoms with Crippen LogP contribution in [0.15, 0.2) is 34.9 Å². The predicted octanol–water partition coefficient (Wildman–Crippen LogP) is 3.04. The SMILES string of the molecule is Nc1cnc(NC(=O)c2cc(Cl)ccc2O)c(Br)c1. The molecule has 0 aliphatic carbocycles. The molecular weight excluding hydrogens is 334 g/mol. The number of hydrogen-bond acceptors (Lipinski definition) is 4. The van der Waals surface area contributed by atoms with Gasteiger partial charge in [-0.15, -0.1) is 0 Å². The number of aromatic hydroxyl groups is 1. The number of hydrogen-bond donors (Lipinski definition) is 3. The smallest absolute Gasteiger partial charge is 0.260 e. The third-order valence-corrected chi connectivity index (χ3v) is 3.14. The maximum atomic E-state index is 12.0. The van der Waals surface area contributed by atoms with Crippen molar-refractivity contribution in [2.45, 2.75) is 0 Å². The third-order valence-electron chi connectivity index (χ3n) is 2.30. The zero-order chi connectivity index (χ0) is 14.0. The van der Waals surface area contributed by atoms with Gasteiger partial charge in [-0.05, 0) is 40.2 Å². The average Bonchev–Trinajstić information content (AvgIpc) is 2.35. The fourth-order valence-corrected chi connectivity index (χ4v) is 2.05. The number of nitrogens with two attached hydrogens (primary N) is 1. The van der Waals surface area contributed by atoms with Gasteiger partial charge in [0.15, 0.2) is 0 Å². The topological polar surface area (TPSA) is 88.2 Å². The maximum absolute atomic E-state index is 12.0. The van der Waals surface area contributed by atoms with Crippen LogP contribution in [0, 0.1) is 0 Å². The van der Waals surface area contributed by atoms with Crippen LogP contribution >= 0.6 is 27.5 Å². The molecule has 0 bridgehead atoms. The van der Waals surface area contributed by atoms with Gasteiger partial charge in [-0.1, -0.05) is 11.6 Å². The van der Waals surface area contributed by atoms with Crippen molar-refractivity contribution in [3.63, 3.8) is 0 Å². The van der Waals surface area contributed by atoms with E-state index in [4.69, 9.17) is 17.3 Å². The minimum atomic E-state index is -0.516. The molecule has 0 unspecified atom stereocenters. The second-order valence-corrected chi connectivity index (χ2v) is 5.01. The first-order chi connectivity index (χ1) is 8.97. The van der Waals surface area contributed by atoms with Crippen molar-refractivity contribution in [3.05, 3.63) is 45.5 Å². The number of benzene rings is 1. The number of carbonyl (C=O) groups is 1. The normalized spacial score (nSPS) is 10.2. The predicted molar refractivity (Wildman–Crippen MR) is 77.4 cm³/mol. The molecule has 1 aromatic carbocycles. The summed E-state index contributed by atoms with van der Waals surface area (Å²) in [4.78, 5) is 16.0. The number of nitrogens with one attached hydrogen (secondary N) is 1. The first kappa shape index (κ1) is 13.6. The van der Waals surface area contributed by atoms with Crippen LogP contribution in [0.5, 0.6) is 5.75 Å². The van der Waals surface area contributed by atoms with Gasteiger partial charge in [-0.3, -0.25) is 4.79 Å². The zero-order valence-corrected chi connectivity index (χ0v) is 11.9. The monoisotopic (exact) mass is 341 g/mol. The number of aromatic nitrogens is 1. The van der Waals surface area contributed by atoms with Crippen LogP contribution in [-0.4, -0.2) is 16.0 Å². The number of anilines is 2. The van der Waals surface area contributed by atoms with E-state index >= 15 is 0 Å². The molecule has 2 aromatic rings. The van der Waals surface area contributed by atoms with Crippen LogP contribution in [0.2, 0.25) is 5.02 Å². The summed E-state index contributed by atoms with van der Waals surface area (Å²) in [5.74, 6) is -0.370. The molecule has 0 saturated heterocycles. The van der Waals surface area contributed by atoms with Gasteiger partial charge >= 0.3 is 0 Å². The first-order valence-corrected chi connectivity index (χ1v) is 6.35. The lowest BCUT2D eigenvalue weighted by Crippen LogP contribution is -2.13. The lowest BCUT2D eigenvalue weighted by Gasteiger charge is -2.08. The Balaban J connectivity index is 2.28. The van der Waals surface area contributed by atoms with Gasteiger partial charge in [0.1, 0.15) is 11.6 Å². The summed E-state index contributed by atoms with van der Waals surface area (Å²) in [6.07, 6.45) is 1.41. The second-order valence-electron chi connectivity index (χ2n) is 3.71. The number of phenols is 1.